The zero-order chi connectivity index (χ0) is 6.74. The van der Waals surface area contributed by atoms with E-state index in [0.29, 0.717) is 13.2 Å². The molecule has 1 saturated heterocycles. The van der Waals surface area contributed by atoms with Crippen LogP contribution in [-0.2, 0) is 9.53 Å². The van der Waals surface area contributed by atoms with Gasteiger partial charge in [-0.25, -0.2) is 0 Å². The van der Waals surface area contributed by atoms with Gasteiger partial charge in [0.25, 0.3) is 0 Å². The van der Waals surface area contributed by atoms with Gasteiger partial charge >= 0.3 is 0 Å². The van der Waals surface area contributed by atoms with Crippen molar-refractivity contribution in [2.45, 2.75) is 12.5 Å². The Hall–Kier alpha value is -0.410. The van der Waals surface area contributed by atoms with E-state index in [0.717, 1.165) is 12.8 Å². The highest BCUT2D eigenvalue weighted by molar-refractivity contribution is 5.63. The molecule has 1 N–H and O–H groups in total. The van der Waals surface area contributed by atoms with E-state index >= 15 is 0 Å². The largest absolute Gasteiger partial charge is 0.378 e. The molecule has 3 heteroatoms. The third-order valence-electron chi connectivity index (χ3n) is 1.44. The number of hydrogen-bond donors (Lipinski definition) is 1. The summed E-state index contributed by atoms with van der Waals surface area (Å²) >= 11 is 0. The lowest BCUT2D eigenvalue weighted by Crippen LogP contribution is -2.53. The van der Waals surface area contributed by atoms with Crippen LogP contribution in [0.1, 0.15) is 6.92 Å². The fourth-order valence-corrected chi connectivity index (χ4v) is 0.820. The van der Waals surface area contributed by atoms with Crippen LogP contribution in [0, 0.1) is 0 Å². The standard InChI is InChI=1S/C6H11NO2/c1-6(4-8)5-9-3-2-7-6/h4,7H,2-3,5H2,1H3. The molecule has 1 atom stereocenters. The molecular formula is C6H11NO2. The van der Waals surface area contributed by atoms with E-state index < -0.39 is 5.54 Å². The van der Waals surface area contributed by atoms with Crippen LogP contribution in [0.4, 0.5) is 0 Å². The molecule has 0 aliphatic carbocycles. The van der Waals surface area contributed by atoms with Gasteiger partial charge in [0.1, 0.15) is 6.29 Å². The highest BCUT2D eigenvalue weighted by Gasteiger charge is 2.25. The quantitative estimate of drug-likeness (QED) is 0.488. The summed E-state index contributed by atoms with van der Waals surface area (Å²) in [6.45, 7) is 3.81. The molecule has 0 radical (unpaired) electrons. The van der Waals surface area contributed by atoms with Gasteiger partial charge in [-0.1, -0.05) is 0 Å². The van der Waals surface area contributed by atoms with Gasteiger partial charge in [0.2, 0.25) is 0 Å². The van der Waals surface area contributed by atoms with Crippen molar-refractivity contribution >= 4 is 6.29 Å². The van der Waals surface area contributed by atoms with Gasteiger partial charge in [0.05, 0.1) is 18.8 Å². The van der Waals surface area contributed by atoms with Crippen LogP contribution in [-0.4, -0.2) is 31.6 Å². The topological polar surface area (TPSA) is 38.3 Å². The molecule has 0 amide bonds. The number of nitrogens with one attached hydrogen (secondary N) is 1. The molecule has 0 spiro atoms. The number of carbonyl (C=O) groups excluding carboxylic acids is 1. The highest BCUT2D eigenvalue weighted by Crippen LogP contribution is 2.03. The van der Waals surface area contributed by atoms with Gasteiger partial charge in [-0.2, -0.15) is 0 Å². The lowest BCUT2D eigenvalue weighted by molar-refractivity contribution is -0.117. The number of rotatable bonds is 1. The maximum atomic E-state index is 10.3. The molecule has 0 aromatic heterocycles. The lowest BCUT2D eigenvalue weighted by atomic mass is 10.1. The van der Waals surface area contributed by atoms with E-state index in [1.54, 1.807) is 0 Å². The predicted molar refractivity (Wildman–Crippen MR) is 33.3 cm³/mol. The molecule has 0 aromatic carbocycles. The van der Waals surface area contributed by atoms with Crippen LogP contribution >= 0.6 is 0 Å². The van der Waals surface area contributed by atoms with Crippen LogP contribution in [0.15, 0.2) is 0 Å². The first-order valence-electron chi connectivity index (χ1n) is 3.06. The molecule has 1 fully saturated rings. The second kappa shape index (κ2) is 2.45. The van der Waals surface area contributed by atoms with Crippen molar-refractivity contribution in [2.75, 3.05) is 19.8 Å². The Morgan fingerprint density at radius 1 is 1.78 bits per heavy atom. The smallest absolute Gasteiger partial charge is 0.142 e. The molecule has 1 aliphatic heterocycles. The second-order valence-electron chi connectivity index (χ2n) is 2.51. The first kappa shape index (κ1) is 6.71. The fraction of sp³-hybridized carbons (Fsp3) is 0.833. The molecular weight excluding hydrogens is 118 g/mol. The maximum absolute atomic E-state index is 10.3. The van der Waals surface area contributed by atoms with E-state index in [4.69, 9.17) is 4.74 Å². The molecule has 1 rings (SSSR count). The van der Waals surface area contributed by atoms with Crippen molar-refractivity contribution < 1.29 is 9.53 Å². The number of ether oxygens (including phenoxy) is 1. The Labute approximate surface area is 54.4 Å². The molecule has 52 valence electrons. The minimum absolute atomic E-state index is 0.432. The first-order valence-corrected chi connectivity index (χ1v) is 3.06. The SMILES string of the molecule is CC1(C=O)COCCN1. The summed E-state index contributed by atoms with van der Waals surface area (Å²) in [7, 11) is 0. The van der Waals surface area contributed by atoms with Crippen molar-refractivity contribution in [1.82, 2.24) is 5.32 Å². The van der Waals surface area contributed by atoms with Crippen LogP contribution < -0.4 is 5.32 Å². The monoisotopic (exact) mass is 129 g/mol. The third kappa shape index (κ3) is 1.50. The number of aldehydes is 1. The molecule has 1 unspecified atom stereocenters. The van der Waals surface area contributed by atoms with Crippen molar-refractivity contribution in [2.24, 2.45) is 0 Å². The summed E-state index contributed by atoms with van der Waals surface area (Å²) in [6.07, 6.45) is 0.895. The van der Waals surface area contributed by atoms with Crippen LogP contribution in [0.5, 0.6) is 0 Å². The minimum Gasteiger partial charge on any atom is -0.378 e. The summed E-state index contributed by atoms with van der Waals surface area (Å²) in [5.74, 6) is 0. The average Bonchev–Trinajstić information content (AvgIpc) is 1.90. The van der Waals surface area contributed by atoms with Gasteiger partial charge in [0.15, 0.2) is 0 Å². The van der Waals surface area contributed by atoms with Crippen molar-refractivity contribution in [1.29, 1.82) is 0 Å². The zero-order valence-electron chi connectivity index (χ0n) is 5.52. The van der Waals surface area contributed by atoms with Gasteiger partial charge in [-0.05, 0) is 6.92 Å². The summed E-state index contributed by atoms with van der Waals surface area (Å²) in [5.41, 5.74) is -0.432. The predicted octanol–water partition coefficient (Wildman–Crippen LogP) is -0.436. The van der Waals surface area contributed by atoms with E-state index in [9.17, 15) is 4.79 Å². The van der Waals surface area contributed by atoms with Crippen LogP contribution in [0.25, 0.3) is 0 Å². The second-order valence-corrected chi connectivity index (χ2v) is 2.51. The van der Waals surface area contributed by atoms with Crippen molar-refractivity contribution in [3.8, 4) is 0 Å². The third-order valence-corrected chi connectivity index (χ3v) is 1.44. The van der Waals surface area contributed by atoms with E-state index in [1.807, 2.05) is 6.92 Å². The van der Waals surface area contributed by atoms with E-state index in [1.165, 1.54) is 0 Å². The van der Waals surface area contributed by atoms with E-state index in [2.05, 4.69) is 5.32 Å². The Bertz CT molecular complexity index is 108. The van der Waals surface area contributed by atoms with Gasteiger partial charge in [0, 0.05) is 6.54 Å². The van der Waals surface area contributed by atoms with Gasteiger partial charge in [-0.3, -0.25) is 0 Å². The molecule has 0 saturated carbocycles. The van der Waals surface area contributed by atoms with Crippen molar-refractivity contribution in [3.63, 3.8) is 0 Å². The molecule has 1 aliphatic rings. The molecule has 9 heavy (non-hydrogen) atoms. The Morgan fingerprint density at radius 2 is 2.56 bits per heavy atom. The Kier molecular flexibility index (Phi) is 1.83. The molecule has 0 bridgehead atoms. The number of morpholine rings is 1. The maximum Gasteiger partial charge on any atom is 0.142 e. The zero-order valence-corrected chi connectivity index (χ0v) is 5.52. The number of hydrogen-bond acceptors (Lipinski definition) is 3. The average molecular weight is 129 g/mol. The Morgan fingerprint density at radius 3 is 2.89 bits per heavy atom. The van der Waals surface area contributed by atoms with Crippen LogP contribution in [0.3, 0.4) is 0 Å². The summed E-state index contributed by atoms with van der Waals surface area (Å²) in [4.78, 5) is 10.3. The summed E-state index contributed by atoms with van der Waals surface area (Å²) < 4.78 is 5.08. The van der Waals surface area contributed by atoms with E-state index in [-0.39, 0.29) is 0 Å². The molecule has 3 nitrogen and oxygen atoms in total. The van der Waals surface area contributed by atoms with Gasteiger partial charge < -0.3 is 14.8 Å². The molecule has 1 heterocycles. The summed E-state index contributed by atoms with van der Waals surface area (Å²) in [6, 6.07) is 0. The number of carbonyl (C=O) groups is 1. The minimum atomic E-state index is -0.432. The molecule has 0 aromatic rings. The highest BCUT2D eigenvalue weighted by atomic mass is 16.5. The first-order chi connectivity index (χ1) is 4.27. The normalized spacial score (nSPS) is 36.1. The van der Waals surface area contributed by atoms with Gasteiger partial charge in [-0.15, -0.1) is 0 Å². The lowest BCUT2D eigenvalue weighted by Gasteiger charge is -2.28. The summed E-state index contributed by atoms with van der Waals surface area (Å²) in [5, 5.41) is 3.05. The van der Waals surface area contributed by atoms with Crippen molar-refractivity contribution in [3.05, 3.63) is 0 Å². The fourth-order valence-electron chi connectivity index (χ4n) is 0.820. The Balaban J connectivity index is 2.46. The van der Waals surface area contributed by atoms with Crippen LogP contribution in [0.2, 0.25) is 0 Å².